The molecule has 3 aromatic rings. The number of nitrogens with zero attached hydrogens (tertiary/aromatic N) is 3. The minimum atomic E-state index is -0.800. The summed E-state index contributed by atoms with van der Waals surface area (Å²) in [5, 5.41) is 0. The average molecular weight is 486 g/mol. The number of piperidine rings is 1. The standard InChI is InChI=1S/C30H35N3O3/c1-31-29(34)26-11-5-10-25(23-13-12-22-8-7-19-36-27(22)20-23)28(26)30(31,35-2)24-9-6-16-33(21-24)18-17-32-14-3-4-15-32/h3-5,10-15,20,24H,6-9,16-19,21H2,1-2H3. The molecule has 2 atom stereocenters. The summed E-state index contributed by atoms with van der Waals surface area (Å²) in [4.78, 5) is 18.0. The van der Waals surface area contributed by atoms with E-state index in [9.17, 15) is 4.79 Å². The molecule has 1 amide bonds. The lowest BCUT2D eigenvalue weighted by Gasteiger charge is -2.46. The number of methoxy groups -OCH3 is 1. The molecule has 0 spiro atoms. The van der Waals surface area contributed by atoms with E-state index in [2.05, 4.69) is 58.3 Å². The second-order valence-corrected chi connectivity index (χ2v) is 10.3. The van der Waals surface area contributed by atoms with E-state index in [1.807, 2.05) is 24.1 Å². The van der Waals surface area contributed by atoms with Gasteiger partial charge in [-0.2, -0.15) is 0 Å². The van der Waals surface area contributed by atoms with E-state index in [1.165, 1.54) is 5.56 Å². The summed E-state index contributed by atoms with van der Waals surface area (Å²) in [6.07, 6.45) is 8.45. The number of amides is 1. The van der Waals surface area contributed by atoms with Crippen molar-refractivity contribution in [3.63, 3.8) is 0 Å². The van der Waals surface area contributed by atoms with Crippen LogP contribution in [-0.2, 0) is 23.4 Å². The Morgan fingerprint density at radius 2 is 1.89 bits per heavy atom. The Morgan fingerprint density at radius 1 is 1.06 bits per heavy atom. The van der Waals surface area contributed by atoms with Gasteiger partial charge in [0.1, 0.15) is 5.75 Å². The Labute approximate surface area is 213 Å². The lowest BCUT2D eigenvalue weighted by molar-refractivity contribution is -0.159. The van der Waals surface area contributed by atoms with Gasteiger partial charge in [0.05, 0.1) is 6.61 Å². The topological polar surface area (TPSA) is 46.9 Å². The van der Waals surface area contributed by atoms with Gasteiger partial charge in [0, 0.05) is 63.2 Å². The number of benzene rings is 2. The van der Waals surface area contributed by atoms with Crippen molar-refractivity contribution in [2.24, 2.45) is 5.92 Å². The Balaban J connectivity index is 1.38. The van der Waals surface area contributed by atoms with Crippen LogP contribution in [0.2, 0.25) is 0 Å². The summed E-state index contributed by atoms with van der Waals surface area (Å²) in [6, 6.07) is 16.7. The monoisotopic (exact) mass is 485 g/mol. The van der Waals surface area contributed by atoms with E-state index in [0.717, 1.165) is 86.5 Å². The highest BCUT2D eigenvalue weighted by Crippen LogP contribution is 2.51. The third-order valence-electron chi connectivity index (χ3n) is 8.39. The lowest BCUT2D eigenvalue weighted by atomic mass is 9.79. The second kappa shape index (κ2) is 9.41. The zero-order valence-corrected chi connectivity index (χ0v) is 21.3. The number of carbonyl (C=O) groups is 1. The van der Waals surface area contributed by atoms with Crippen LogP contribution < -0.4 is 4.74 Å². The number of aromatic nitrogens is 1. The second-order valence-electron chi connectivity index (χ2n) is 10.3. The molecule has 2 aromatic carbocycles. The first-order chi connectivity index (χ1) is 17.6. The number of fused-ring (bicyclic) bond motifs is 2. The van der Waals surface area contributed by atoms with Gasteiger partial charge in [-0.3, -0.25) is 4.79 Å². The summed E-state index contributed by atoms with van der Waals surface area (Å²) in [5.74, 6) is 1.17. The van der Waals surface area contributed by atoms with Crippen molar-refractivity contribution in [1.29, 1.82) is 0 Å². The van der Waals surface area contributed by atoms with Crippen LogP contribution in [0.5, 0.6) is 5.75 Å². The van der Waals surface area contributed by atoms with E-state index >= 15 is 0 Å². The molecule has 0 saturated carbocycles. The van der Waals surface area contributed by atoms with Gasteiger partial charge in [0.2, 0.25) is 0 Å². The molecule has 6 nitrogen and oxygen atoms in total. The van der Waals surface area contributed by atoms with Crippen LogP contribution in [0.25, 0.3) is 11.1 Å². The maximum Gasteiger partial charge on any atom is 0.256 e. The van der Waals surface area contributed by atoms with Crippen LogP contribution >= 0.6 is 0 Å². The Hall–Kier alpha value is -3.09. The number of hydrogen-bond donors (Lipinski definition) is 0. The van der Waals surface area contributed by atoms with Crippen molar-refractivity contribution in [1.82, 2.24) is 14.4 Å². The molecule has 1 fully saturated rings. The van der Waals surface area contributed by atoms with Crippen LogP contribution in [0.15, 0.2) is 60.9 Å². The molecule has 0 radical (unpaired) electrons. The molecule has 6 rings (SSSR count). The van der Waals surface area contributed by atoms with Crippen LogP contribution in [-0.4, -0.2) is 60.7 Å². The number of ether oxygens (including phenoxy) is 2. The molecular weight excluding hydrogens is 450 g/mol. The Kier molecular flexibility index (Phi) is 6.10. The summed E-state index contributed by atoms with van der Waals surface area (Å²) < 4.78 is 14.7. The van der Waals surface area contributed by atoms with E-state index < -0.39 is 5.72 Å². The quantitative estimate of drug-likeness (QED) is 0.504. The highest BCUT2D eigenvalue weighted by Gasteiger charge is 2.55. The Morgan fingerprint density at radius 3 is 2.72 bits per heavy atom. The number of likely N-dealkylation sites (tertiary alicyclic amines) is 1. The molecule has 0 N–H and O–H groups in total. The average Bonchev–Trinajstić information content (AvgIpc) is 3.53. The molecule has 3 aliphatic heterocycles. The fraction of sp³-hybridized carbons (Fsp3) is 0.433. The van der Waals surface area contributed by atoms with Gasteiger partial charge < -0.3 is 23.8 Å². The minimum absolute atomic E-state index is 0.0346. The molecule has 0 aliphatic carbocycles. The predicted octanol–water partition coefficient (Wildman–Crippen LogP) is 4.78. The smallest absolute Gasteiger partial charge is 0.256 e. The van der Waals surface area contributed by atoms with Crippen LogP contribution in [0.1, 0.15) is 40.7 Å². The highest BCUT2D eigenvalue weighted by atomic mass is 16.5. The van der Waals surface area contributed by atoms with Crippen molar-refractivity contribution in [3.05, 3.63) is 77.6 Å². The van der Waals surface area contributed by atoms with Gasteiger partial charge in [0.15, 0.2) is 5.72 Å². The molecule has 36 heavy (non-hydrogen) atoms. The summed E-state index contributed by atoms with van der Waals surface area (Å²) in [5.41, 5.74) is 4.36. The van der Waals surface area contributed by atoms with E-state index in [-0.39, 0.29) is 11.8 Å². The van der Waals surface area contributed by atoms with Crippen molar-refractivity contribution in [2.45, 2.75) is 38.0 Å². The van der Waals surface area contributed by atoms with Crippen molar-refractivity contribution < 1.29 is 14.3 Å². The number of aryl methyl sites for hydroxylation is 1. The zero-order chi connectivity index (χ0) is 24.7. The minimum Gasteiger partial charge on any atom is -0.493 e. The number of hydrogen-bond acceptors (Lipinski definition) is 4. The summed E-state index contributed by atoms with van der Waals surface area (Å²) >= 11 is 0. The van der Waals surface area contributed by atoms with Crippen LogP contribution in [0, 0.1) is 5.92 Å². The fourth-order valence-corrected chi connectivity index (χ4v) is 6.60. The predicted molar refractivity (Wildman–Crippen MR) is 140 cm³/mol. The normalized spacial score (nSPS) is 23.9. The molecule has 1 aromatic heterocycles. The maximum atomic E-state index is 13.6. The van der Waals surface area contributed by atoms with E-state index in [4.69, 9.17) is 9.47 Å². The SMILES string of the molecule is COC1(C2CCCN(CCn3cccc3)C2)c2c(cccc2-c2ccc3c(c2)OCCC3)C(=O)N1C. The van der Waals surface area contributed by atoms with Gasteiger partial charge in [-0.1, -0.05) is 24.3 Å². The third kappa shape index (κ3) is 3.75. The molecule has 6 heteroatoms. The molecule has 2 unspecified atom stereocenters. The van der Waals surface area contributed by atoms with Crippen molar-refractivity contribution >= 4 is 5.91 Å². The zero-order valence-electron chi connectivity index (χ0n) is 21.3. The van der Waals surface area contributed by atoms with Crippen LogP contribution in [0.4, 0.5) is 0 Å². The lowest BCUT2D eigenvalue weighted by Crippen LogP contribution is -2.54. The first-order valence-corrected chi connectivity index (χ1v) is 13.2. The number of carbonyl (C=O) groups excluding carboxylic acids is 1. The first kappa shape index (κ1) is 23.3. The molecule has 1 saturated heterocycles. The van der Waals surface area contributed by atoms with E-state index in [0.29, 0.717) is 0 Å². The van der Waals surface area contributed by atoms with Gasteiger partial charge in [-0.05, 0) is 73.2 Å². The largest absolute Gasteiger partial charge is 0.493 e. The first-order valence-electron chi connectivity index (χ1n) is 13.2. The van der Waals surface area contributed by atoms with Crippen molar-refractivity contribution in [3.8, 4) is 16.9 Å². The van der Waals surface area contributed by atoms with Crippen molar-refractivity contribution in [2.75, 3.05) is 40.4 Å². The van der Waals surface area contributed by atoms with Gasteiger partial charge in [-0.25, -0.2) is 0 Å². The van der Waals surface area contributed by atoms with E-state index in [1.54, 1.807) is 7.11 Å². The third-order valence-corrected chi connectivity index (χ3v) is 8.39. The number of rotatable bonds is 6. The molecule has 188 valence electrons. The summed E-state index contributed by atoms with van der Waals surface area (Å²) in [7, 11) is 3.68. The Bertz CT molecular complexity index is 1250. The van der Waals surface area contributed by atoms with Crippen LogP contribution in [0.3, 0.4) is 0 Å². The molecule has 0 bridgehead atoms. The van der Waals surface area contributed by atoms with Gasteiger partial charge >= 0.3 is 0 Å². The molecule has 3 aliphatic rings. The summed E-state index contributed by atoms with van der Waals surface area (Å²) in [6.45, 7) is 4.68. The van der Waals surface area contributed by atoms with Gasteiger partial charge in [0.25, 0.3) is 5.91 Å². The maximum absolute atomic E-state index is 13.6. The highest BCUT2D eigenvalue weighted by molar-refractivity contribution is 6.02. The molecule has 4 heterocycles. The fourth-order valence-electron chi connectivity index (χ4n) is 6.60. The van der Waals surface area contributed by atoms with Gasteiger partial charge in [-0.15, -0.1) is 0 Å². The molecular formula is C30H35N3O3.